The van der Waals surface area contributed by atoms with Crippen molar-refractivity contribution in [2.75, 3.05) is 31.5 Å². The van der Waals surface area contributed by atoms with E-state index in [4.69, 9.17) is 14.5 Å². The third-order valence-corrected chi connectivity index (χ3v) is 7.03. The fraction of sp³-hybridized carbons (Fsp3) is 0.290. The molecular formula is C31H34N6O4. The summed E-state index contributed by atoms with van der Waals surface area (Å²) < 4.78 is 12.1. The van der Waals surface area contributed by atoms with Crippen molar-refractivity contribution in [1.82, 2.24) is 19.5 Å². The lowest BCUT2D eigenvalue weighted by Gasteiger charge is -2.15. The van der Waals surface area contributed by atoms with Crippen LogP contribution in [0.1, 0.15) is 35.0 Å². The maximum atomic E-state index is 13.2. The Morgan fingerprint density at radius 2 is 1.95 bits per heavy atom. The van der Waals surface area contributed by atoms with Crippen LogP contribution in [0.4, 0.5) is 11.4 Å². The van der Waals surface area contributed by atoms with Crippen LogP contribution in [0.3, 0.4) is 0 Å². The zero-order valence-corrected chi connectivity index (χ0v) is 23.4. The van der Waals surface area contributed by atoms with Gasteiger partial charge in [-0.3, -0.25) is 9.78 Å². The minimum absolute atomic E-state index is 0.0854. The van der Waals surface area contributed by atoms with Gasteiger partial charge in [-0.15, -0.1) is 0 Å². The highest BCUT2D eigenvalue weighted by Gasteiger charge is 2.26. The number of para-hydroxylation sites is 1. The van der Waals surface area contributed by atoms with E-state index in [-0.39, 0.29) is 30.7 Å². The van der Waals surface area contributed by atoms with E-state index in [2.05, 4.69) is 33.6 Å². The van der Waals surface area contributed by atoms with E-state index in [0.29, 0.717) is 29.7 Å². The number of benzene rings is 1. The Labute approximate surface area is 238 Å². The van der Waals surface area contributed by atoms with Crippen molar-refractivity contribution in [3.63, 3.8) is 0 Å². The zero-order chi connectivity index (χ0) is 28.8. The van der Waals surface area contributed by atoms with Crippen LogP contribution in [0, 0.1) is 0 Å². The number of methoxy groups -OCH3 is 2. The normalized spacial score (nSPS) is 12.0. The number of rotatable bonds is 12. The highest BCUT2D eigenvalue weighted by molar-refractivity contribution is 6.11. The molecule has 212 valence electrons. The molecule has 0 aliphatic rings. The van der Waals surface area contributed by atoms with Crippen molar-refractivity contribution in [3.8, 4) is 0 Å². The summed E-state index contributed by atoms with van der Waals surface area (Å²) in [5, 5.41) is 8.21. The Morgan fingerprint density at radius 3 is 2.73 bits per heavy atom. The molecule has 0 saturated heterocycles. The molecule has 0 aliphatic carbocycles. The minimum atomic E-state index is -0.552. The molecule has 3 N–H and O–H groups in total. The van der Waals surface area contributed by atoms with Gasteiger partial charge in [0.2, 0.25) is 5.91 Å². The highest BCUT2D eigenvalue weighted by Crippen LogP contribution is 2.33. The third-order valence-electron chi connectivity index (χ3n) is 7.03. The molecule has 1 atom stereocenters. The molecule has 1 amide bonds. The van der Waals surface area contributed by atoms with Crippen LogP contribution < -0.4 is 10.6 Å². The van der Waals surface area contributed by atoms with E-state index in [1.165, 1.54) is 14.2 Å². The average molecular weight is 555 g/mol. The number of ether oxygens (including phenoxy) is 2. The maximum absolute atomic E-state index is 13.2. The standard InChI is InChI=1S/C31H34N6O4/c1-20(15-21-7-6-12-32-17-21)35-23-16-25-28(36-27(38)11-14-40-2)29(31(39)41-3)37(30(25)34-19-23)13-10-22-18-33-26-9-5-4-8-24(22)26/h4-9,12,16-20,33,35H,10-11,13-15H2,1-3H3,(H,36,38). The monoisotopic (exact) mass is 554 g/mol. The Morgan fingerprint density at radius 1 is 1.10 bits per heavy atom. The largest absolute Gasteiger partial charge is 0.464 e. The molecule has 10 nitrogen and oxygen atoms in total. The SMILES string of the molecule is COCCC(=O)Nc1c(C(=O)OC)n(CCc2c[nH]c3ccccc23)c2ncc(NC(C)Cc3cccnc3)cc12. The van der Waals surface area contributed by atoms with Crippen LogP contribution in [-0.4, -0.2) is 58.3 Å². The zero-order valence-electron chi connectivity index (χ0n) is 23.4. The van der Waals surface area contributed by atoms with Crippen LogP contribution in [0.15, 0.2) is 67.3 Å². The van der Waals surface area contributed by atoms with Crippen molar-refractivity contribution in [1.29, 1.82) is 0 Å². The number of aryl methyl sites for hydroxylation is 2. The number of nitrogens with one attached hydrogen (secondary N) is 3. The lowest BCUT2D eigenvalue weighted by atomic mass is 10.1. The molecule has 4 heterocycles. The number of nitrogens with zero attached hydrogens (tertiary/aromatic N) is 3. The van der Waals surface area contributed by atoms with E-state index in [0.717, 1.165) is 34.1 Å². The number of hydrogen-bond acceptors (Lipinski definition) is 7. The van der Waals surface area contributed by atoms with Gasteiger partial charge in [0.25, 0.3) is 0 Å². The highest BCUT2D eigenvalue weighted by atomic mass is 16.5. The summed E-state index contributed by atoms with van der Waals surface area (Å²) >= 11 is 0. The van der Waals surface area contributed by atoms with Gasteiger partial charge < -0.3 is 29.7 Å². The Kier molecular flexibility index (Phi) is 8.59. The van der Waals surface area contributed by atoms with E-state index < -0.39 is 5.97 Å². The van der Waals surface area contributed by atoms with Gasteiger partial charge in [-0.1, -0.05) is 24.3 Å². The lowest BCUT2D eigenvalue weighted by molar-refractivity contribution is -0.117. The molecule has 0 radical (unpaired) electrons. The number of amides is 1. The second-order valence-corrected chi connectivity index (χ2v) is 9.97. The van der Waals surface area contributed by atoms with Crippen molar-refractivity contribution in [2.45, 2.75) is 38.8 Å². The number of carbonyl (C=O) groups is 2. The number of anilines is 2. The number of fused-ring (bicyclic) bond motifs is 2. The van der Waals surface area contributed by atoms with Crippen LogP contribution in [0.2, 0.25) is 0 Å². The molecule has 0 saturated carbocycles. The summed E-state index contributed by atoms with van der Waals surface area (Å²) in [6.45, 7) is 2.79. The molecule has 5 aromatic rings. The maximum Gasteiger partial charge on any atom is 0.356 e. The van der Waals surface area contributed by atoms with Crippen LogP contribution in [-0.2, 0) is 33.7 Å². The van der Waals surface area contributed by atoms with Gasteiger partial charge in [-0.25, -0.2) is 9.78 Å². The van der Waals surface area contributed by atoms with Crippen molar-refractivity contribution in [2.24, 2.45) is 0 Å². The number of aromatic amines is 1. The molecule has 41 heavy (non-hydrogen) atoms. The Balaban J connectivity index is 1.52. The number of carbonyl (C=O) groups excluding carboxylic acids is 2. The van der Waals surface area contributed by atoms with Gasteiger partial charge in [0.1, 0.15) is 5.65 Å². The minimum Gasteiger partial charge on any atom is -0.464 e. The fourth-order valence-electron chi connectivity index (χ4n) is 5.13. The van der Waals surface area contributed by atoms with E-state index in [1.807, 2.05) is 53.4 Å². The van der Waals surface area contributed by atoms with E-state index in [1.54, 1.807) is 12.4 Å². The Bertz CT molecular complexity index is 1660. The summed E-state index contributed by atoms with van der Waals surface area (Å²) in [5.41, 5.74) is 5.26. The van der Waals surface area contributed by atoms with Gasteiger partial charge in [0.05, 0.1) is 37.7 Å². The van der Waals surface area contributed by atoms with Gasteiger partial charge in [0.15, 0.2) is 5.69 Å². The molecule has 0 fully saturated rings. The Hall–Kier alpha value is -4.70. The smallest absolute Gasteiger partial charge is 0.356 e. The topological polar surface area (TPSA) is 123 Å². The fourth-order valence-corrected chi connectivity index (χ4v) is 5.13. The number of aromatic nitrogens is 4. The van der Waals surface area contributed by atoms with Crippen molar-refractivity contribution >= 4 is 45.2 Å². The lowest BCUT2D eigenvalue weighted by Crippen LogP contribution is -2.18. The molecule has 4 aromatic heterocycles. The predicted molar refractivity (Wildman–Crippen MR) is 159 cm³/mol. The quantitative estimate of drug-likeness (QED) is 0.186. The van der Waals surface area contributed by atoms with Crippen molar-refractivity contribution in [3.05, 3.63) is 84.1 Å². The summed E-state index contributed by atoms with van der Waals surface area (Å²) in [5.74, 6) is -0.820. The third kappa shape index (κ3) is 6.22. The van der Waals surface area contributed by atoms with E-state index >= 15 is 0 Å². The van der Waals surface area contributed by atoms with Gasteiger partial charge in [0, 0.05) is 54.6 Å². The molecule has 1 unspecified atom stereocenters. The molecule has 5 rings (SSSR count). The number of pyridine rings is 2. The second kappa shape index (κ2) is 12.6. The molecular weight excluding hydrogens is 520 g/mol. The van der Waals surface area contributed by atoms with Crippen molar-refractivity contribution < 1.29 is 19.1 Å². The first-order valence-electron chi connectivity index (χ1n) is 13.6. The summed E-state index contributed by atoms with van der Waals surface area (Å²) in [6.07, 6.45) is 8.90. The molecule has 0 bridgehead atoms. The van der Waals surface area contributed by atoms with Gasteiger partial charge in [-0.2, -0.15) is 0 Å². The first-order chi connectivity index (χ1) is 20.0. The van der Waals surface area contributed by atoms with Crippen LogP contribution in [0.5, 0.6) is 0 Å². The second-order valence-electron chi connectivity index (χ2n) is 9.97. The van der Waals surface area contributed by atoms with Gasteiger partial charge in [-0.05, 0) is 49.1 Å². The first kappa shape index (κ1) is 27.9. The predicted octanol–water partition coefficient (Wildman–Crippen LogP) is 4.96. The number of hydrogen-bond donors (Lipinski definition) is 3. The average Bonchev–Trinajstić information content (AvgIpc) is 3.53. The van der Waals surface area contributed by atoms with Crippen LogP contribution in [0.25, 0.3) is 21.9 Å². The molecule has 0 aliphatic heterocycles. The molecule has 0 spiro atoms. The summed E-state index contributed by atoms with van der Waals surface area (Å²) in [4.78, 5) is 38.3. The summed E-state index contributed by atoms with van der Waals surface area (Å²) in [6, 6.07) is 14.1. The molecule has 1 aromatic carbocycles. The molecule has 10 heteroatoms. The first-order valence-corrected chi connectivity index (χ1v) is 13.6. The van der Waals surface area contributed by atoms with Gasteiger partial charge >= 0.3 is 5.97 Å². The number of H-pyrrole nitrogens is 1. The summed E-state index contributed by atoms with van der Waals surface area (Å²) in [7, 11) is 2.87. The number of esters is 1. The van der Waals surface area contributed by atoms with Crippen LogP contribution >= 0.6 is 0 Å². The van der Waals surface area contributed by atoms with E-state index in [9.17, 15) is 9.59 Å².